The van der Waals surface area contributed by atoms with Crippen LogP contribution in [0.2, 0.25) is 0 Å². The Labute approximate surface area is 124 Å². The van der Waals surface area contributed by atoms with E-state index in [2.05, 4.69) is 20.4 Å². The predicted molar refractivity (Wildman–Crippen MR) is 81.3 cm³/mol. The van der Waals surface area contributed by atoms with Crippen LogP contribution in [-0.4, -0.2) is 25.7 Å². The van der Waals surface area contributed by atoms with Crippen LogP contribution in [0.15, 0.2) is 18.5 Å². The Morgan fingerprint density at radius 1 is 1.24 bits per heavy atom. The number of rotatable bonds is 5. The van der Waals surface area contributed by atoms with Gasteiger partial charge in [-0.3, -0.25) is 4.79 Å². The van der Waals surface area contributed by atoms with Gasteiger partial charge in [0.2, 0.25) is 5.91 Å². The first-order chi connectivity index (χ1) is 10.0. The maximum absolute atomic E-state index is 12.0. The average Bonchev–Trinajstić information content (AvgIpc) is 2.80. The van der Waals surface area contributed by atoms with E-state index in [1.807, 2.05) is 33.8 Å². The van der Waals surface area contributed by atoms with E-state index >= 15 is 0 Å². The van der Waals surface area contributed by atoms with E-state index in [1.165, 1.54) is 0 Å². The van der Waals surface area contributed by atoms with Crippen molar-refractivity contribution in [3.8, 4) is 5.95 Å². The SMILES string of the molecule is CCC(CC)C(=O)Nc1cnc(-n2nc(C)cc2C)nc1. The fourth-order valence-corrected chi connectivity index (χ4v) is 2.23. The lowest BCUT2D eigenvalue weighted by atomic mass is 10.0. The summed E-state index contributed by atoms with van der Waals surface area (Å²) in [4.78, 5) is 20.5. The van der Waals surface area contributed by atoms with Crippen molar-refractivity contribution < 1.29 is 4.79 Å². The lowest BCUT2D eigenvalue weighted by Crippen LogP contribution is -2.22. The van der Waals surface area contributed by atoms with Crippen LogP contribution in [-0.2, 0) is 4.79 Å². The number of aryl methyl sites for hydroxylation is 2. The first-order valence-electron chi connectivity index (χ1n) is 7.21. The molecule has 0 atom stereocenters. The molecule has 2 heterocycles. The highest BCUT2D eigenvalue weighted by atomic mass is 16.1. The number of anilines is 1. The van der Waals surface area contributed by atoms with Crippen LogP contribution in [0.1, 0.15) is 38.1 Å². The molecule has 0 aromatic carbocycles. The number of carbonyl (C=O) groups excluding carboxylic acids is 1. The summed E-state index contributed by atoms with van der Waals surface area (Å²) in [6, 6.07) is 1.96. The number of carbonyl (C=O) groups is 1. The summed E-state index contributed by atoms with van der Waals surface area (Å²) < 4.78 is 1.68. The number of amides is 1. The Morgan fingerprint density at radius 2 is 1.86 bits per heavy atom. The normalized spacial score (nSPS) is 10.9. The summed E-state index contributed by atoms with van der Waals surface area (Å²) in [6.45, 7) is 7.90. The molecular formula is C15H21N5O. The van der Waals surface area contributed by atoms with Crippen LogP contribution in [0.3, 0.4) is 0 Å². The summed E-state index contributed by atoms with van der Waals surface area (Å²) >= 11 is 0. The van der Waals surface area contributed by atoms with Crippen LogP contribution in [0.25, 0.3) is 5.95 Å². The molecule has 112 valence electrons. The maximum Gasteiger partial charge on any atom is 0.250 e. The van der Waals surface area contributed by atoms with Gasteiger partial charge >= 0.3 is 0 Å². The van der Waals surface area contributed by atoms with Crippen LogP contribution in [0.5, 0.6) is 0 Å². The first kappa shape index (κ1) is 15.2. The summed E-state index contributed by atoms with van der Waals surface area (Å²) in [7, 11) is 0. The van der Waals surface area contributed by atoms with E-state index in [0.29, 0.717) is 11.6 Å². The number of hydrogen-bond acceptors (Lipinski definition) is 4. The second-order valence-corrected chi connectivity index (χ2v) is 5.11. The summed E-state index contributed by atoms with van der Waals surface area (Å²) in [5.74, 6) is 0.546. The molecule has 0 spiro atoms. The molecule has 0 aliphatic carbocycles. The molecule has 0 fully saturated rings. The summed E-state index contributed by atoms with van der Waals surface area (Å²) in [6.07, 6.45) is 4.87. The topological polar surface area (TPSA) is 72.7 Å². The number of nitrogens with one attached hydrogen (secondary N) is 1. The van der Waals surface area contributed by atoms with Crippen molar-refractivity contribution in [3.05, 3.63) is 29.8 Å². The minimum atomic E-state index is 0.0162. The van der Waals surface area contributed by atoms with Crippen LogP contribution >= 0.6 is 0 Å². The van der Waals surface area contributed by atoms with Crippen molar-refractivity contribution in [1.82, 2.24) is 19.7 Å². The smallest absolute Gasteiger partial charge is 0.250 e. The van der Waals surface area contributed by atoms with Crippen molar-refractivity contribution >= 4 is 11.6 Å². The minimum absolute atomic E-state index is 0.0162. The Balaban J connectivity index is 2.12. The molecule has 2 aromatic rings. The van der Waals surface area contributed by atoms with Gasteiger partial charge in [-0.2, -0.15) is 5.10 Å². The molecule has 0 aliphatic rings. The van der Waals surface area contributed by atoms with Crippen LogP contribution in [0, 0.1) is 19.8 Å². The Kier molecular flexibility index (Phi) is 4.67. The standard InChI is InChI=1S/C15H21N5O/c1-5-12(6-2)14(21)18-13-8-16-15(17-9-13)20-11(4)7-10(3)19-20/h7-9,12H,5-6H2,1-4H3,(H,18,21). The van der Waals surface area contributed by atoms with Gasteiger partial charge in [-0.1, -0.05) is 13.8 Å². The maximum atomic E-state index is 12.0. The van der Waals surface area contributed by atoms with E-state index in [0.717, 1.165) is 24.2 Å². The zero-order chi connectivity index (χ0) is 15.4. The number of aromatic nitrogens is 4. The molecule has 0 aliphatic heterocycles. The second kappa shape index (κ2) is 6.47. The third kappa shape index (κ3) is 3.45. The third-order valence-electron chi connectivity index (χ3n) is 3.46. The number of hydrogen-bond donors (Lipinski definition) is 1. The van der Waals surface area contributed by atoms with E-state index in [4.69, 9.17) is 0 Å². The first-order valence-corrected chi connectivity index (χ1v) is 7.21. The van der Waals surface area contributed by atoms with E-state index in [9.17, 15) is 4.79 Å². The van der Waals surface area contributed by atoms with Gasteiger partial charge in [0.25, 0.3) is 5.95 Å². The van der Waals surface area contributed by atoms with Gasteiger partial charge in [0.05, 0.1) is 23.8 Å². The fourth-order valence-electron chi connectivity index (χ4n) is 2.23. The largest absolute Gasteiger partial charge is 0.323 e. The Morgan fingerprint density at radius 3 is 2.33 bits per heavy atom. The Bertz CT molecular complexity index is 613. The van der Waals surface area contributed by atoms with Crippen molar-refractivity contribution in [2.45, 2.75) is 40.5 Å². The number of nitrogens with zero attached hydrogens (tertiary/aromatic N) is 4. The van der Waals surface area contributed by atoms with Gasteiger partial charge in [-0.05, 0) is 32.8 Å². The van der Waals surface area contributed by atoms with Gasteiger partial charge in [-0.25, -0.2) is 14.6 Å². The lowest BCUT2D eigenvalue weighted by molar-refractivity contribution is -0.120. The fraction of sp³-hybridized carbons (Fsp3) is 0.467. The molecule has 1 N–H and O–H groups in total. The highest BCUT2D eigenvalue weighted by Crippen LogP contribution is 2.13. The molecule has 21 heavy (non-hydrogen) atoms. The van der Waals surface area contributed by atoms with Crippen LogP contribution in [0.4, 0.5) is 5.69 Å². The molecule has 0 bridgehead atoms. The van der Waals surface area contributed by atoms with Crippen molar-refractivity contribution in [3.63, 3.8) is 0 Å². The quantitative estimate of drug-likeness (QED) is 0.917. The van der Waals surface area contributed by atoms with E-state index < -0.39 is 0 Å². The molecule has 2 rings (SSSR count). The molecule has 0 saturated heterocycles. The van der Waals surface area contributed by atoms with Crippen molar-refractivity contribution in [2.24, 2.45) is 5.92 Å². The van der Waals surface area contributed by atoms with Gasteiger partial charge in [0.15, 0.2) is 0 Å². The molecule has 1 amide bonds. The minimum Gasteiger partial charge on any atom is -0.323 e. The average molecular weight is 287 g/mol. The van der Waals surface area contributed by atoms with Crippen molar-refractivity contribution in [1.29, 1.82) is 0 Å². The van der Waals surface area contributed by atoms with E-state index in [-0.39, 0.29) is 11.8 Å². The Hall–Kier alpha value is -2.24. The van der Waals surface area contributed by atoms with Gasteiger partial charge < -0.3 is 5.32 Å². The zero-order valence-electron chi connectivity index (χ0n) is 12.9. The highest BCUT2D eigenvalue weighted by molar-refractivity contribution is 5.92. The summed E-state index contributed by atoms with van der Waals surface area (Å²) in [5.41, 5.74) is 2.50. The monoisotopic (exact) mass is 287 g/mol. The molecular weight excluding hydrogens is 266 g/mol. The third-order valence-corrected chi connectivity index (χ3v) is 3.46. The lowest BCUT2D eigenvalue weighted by Gasteiger charge is -2.12. The molecule has 6 heteroatoms. The molecule has 6 nitrogen and oxygen atoms in total. The van der Waals surface area contributed by atoms with Crippen molar-refractivity contribution in [2.75, 3.05) is 5.32 Å². The molecule has 2 aromatic heterocycles. The van der Waals surface area contributed by atoms with Gasteiger partial charge in [0, 0.05) is 11.6 Å². The highest BCUT2D eigenvalue weighted by Gasteiger charge is 2.14. The van der Waals surface area contributed by atoms with Gasteiger partial charge in [-0.15, -0.1) is 0 Å². The van der Waals surface area contributed by atoms with Crippen LogP contribution < -0.4 is 5.32 Å². The van der Waals surface area contributed by atoms with Gasteiger partial charge in [0.1, 0.15) is 0 Å². The second-order valence-electron chi connectivity index (χ2n) is 5.11. The summed E-state index contributed by atoms with van der Waals surface area (Å²) in [5, 5.41) is 7.18. The molecule has 0 radical (unpaired) electrons. The molecule has 0 unspecified atom stereocenters. The molecule has 0 saturated carbocycles. The zero-order valence-corrected chi connectivity index (χ0v) is 12.9. The predicted octanol–water partition coefficient (Wildman–Crippen LogP) is 2.65. The van der Waals surface area contributed by atoms with E-state index in [1.54, 1.807) is 17.1 Å².